The standard InChI is InChI=1S/C11H8N4O2S/c16-10(17)6-15-11(12-13-14-15)8-2-1-3-9-7(8)4-5-18-9/h1-5H,6H2,(H,16,17). The first kappa shape index (κ1) is 10.8. The Kier molecular flexibility index (Phi) is 2.52. The molecule has 0 saturated carbocycles. The summed E-state index contributed by atoms with van der Waals surface area (Å²) in [5.74, 6) is -0.498. The van der Waals surface area contributed by atoms with Crippen LogP contribution in [0.2, 0.25) is 0 Å². The van der Waals surface area contributed by atoms with Crippen LogP contribution in [-0.4, -0.2) is 31.3 Å². The van der Waals surface area contributed by atoms with Gasteiger partial charge in [0.1, 0.15) is 6.54 Å². The van der Waals surface area contributed by atoms with Crippen molar-refractivity contribution in [3.05, 3.63) is 29.6 Å². The van der Waals surface area contributed by atoms with Crippen molar-refractivity contribution in [1.29, 1.82) is 0 Å². The highest BCUT2D eigenvalue weighted by molar-refractivity contribution is 7.17. The number of carboxylic acids is 1. The predicted molar refractivity (Wildman–Crippen MR) is 66.3 cm³/mol. The van der Waals surface area contributed by atoms with Crippen LogP contribution in [-0.2, 0) is 11.3 Å². The van der Waals surface area contributed by atoms with E-state index in [1.165, 1.54) is 4.68 Å². The molecule has 90 valence electrons. The van der Waals surface area contributed by atoms with Crippen molar-refractivity contribution >= 4 is 27.4 Å². The van der Waals surface area contributed by atoms with Gasteiger partial charge in [-0.05, 0) is 27.9 Å². The van der Waals surface area contributed by atoms with Gasteiger partial charge in [-0.25, -0.2) is 4.68 Å². The molecule has 0 saturated heterocycles. The van der Waals surface area contributed by atoms with E-state index in [9.17, 15) is 4.79 Å². The summed E-state index contributed by atoms with van der Waals surface area (Å²) >= 11 is 1.62. The Labute approximate surface area is 105 Å². The molecule has 18 heavy (non-hydrogen) atoms. The molecule has 0 amide bonds. The first-order valence-corrected chi connectivity index (χ1v) is 6.08. The van der Waals surface area contributed by atoms with Crippen LogP contribution in [0, 0.1) is 0 Å². The van der Waals surface area contributed by atoms with Gasteiger partial charge in [0.05, 0.1) is 0 Å². The average molecular weight is 260 g/mol. The second kappa shape index (κ2) is 4.19. The molecular weight excluding hydrogens is 252 g/mol. The Hall–Kier alpha value is -2.28. The van der Waals surface area contributed by atoms with Gasteiger partial charge in [0.2, 0.25) is 0 Å². The maximum atomic E-state index is 10.7. The number of rotatable bonds is 3. The minimum atomic E-state index is -0.971. The fraction of sp³-hybridized carbons (Fsp3) is 0.0909. The number of benzene rings is 1. The average Bonchev–Trinajstić information content (AvgIpc) is 2.95. The van der Waals surface area contributed by atoms with Crippen molar-refractivity contribution in [2.45, 2.75) is 6.54 Å². The lowest BCUT2D eigenvalue weighted by Crippen LogP contribution is -2.11. The van der Waals surface area contributed by atoms with Gasteiger partial charge in [-0.15, -0.1) is 16.4 Å². The lowest BCUT2D eigenvalue weighted by Gasteiger charge is -2.03. The van der Waals surface area contributed by atoms with Crippen LogP contribution in [0.15, 0.2) is 29.6 Å². The smallest absolute Gasteiger partial charge is 0.325 e. The molecule has 3 rings (SSSR count). The molecule has 3 aromatic rings. The molecule has 0 bridgehead atoms. The molecule has 6 nitrogen and oxygen atoms in total. The summed E-state index contributed by atoms with van der Waals surface area (Å²) in [6.45, 7) is -0.247. The molecule has 0 fully saturated rings. The third-order valence-corrected chi connectivity index (χ3v) is 3.44. The maximum Gasteiger partial charge on any atom is 0.325 e. The van der Waals surface area contributed by atoms with E-state index in [1.807, 2.05) is 29.6 Å². The number of hydrogen-bond donors (Lipinski definition) is 1. The summed E-state index contributed by atoms with van der Waals surface area (Å²) in [6.07, 6.45) is 0. The molecule has 2 heterocycles. The van der Waals surface area contributed by atoms with Crippen LogP contribution in [0.4, 0.5) is 0 Å². The summed E-state index contributed by atoms with van der Waals surface area (Å²) in [5, 5.41) is 23.0. The van der Waals surface area contributed by atoms with Gasteiger partial charge in [-0.2, -0.15) is 0 Å². The van der Waals surface area contributed by atoms with Crippen LogP contribution in [0.3, 0.4) is 0 Å². The largest absolute Gasteiger partial charge is 0.480 e. The third kappa shape index (κ3) is 1.74. The van der Waals surface area contributed by atoms with Crippen LogP contribution < -0.4 is 0 Å². The van der Waals surface area contributed by atoms with Gasteiger partial charge in [-0.3, -0.25) is 4.79 Å². The van der Waals surface area contributed by atoms with E-state index >= 15 is 0 Å². The summed E-state index contributed by atoms with van der Waals surface area (Å²) in [5.41, 5.74) is 0.847. The van der Waals surface area contributed by atoms with Crippen molar-refractivity contribution in [1.82, 2.24) is 20.2 Å². The molecule has 0 aliphatic carbocycles. The fourth-order valence-electron chi connectivity index (χ4n) is 1.82. The highest BCUT2D eigenvalue weighted by atomic mass is 32.1. The topological polar surface area (TPSA) is 80.9 Å². The van der Waals surface area contributed by atoms with Crippen LogP contribution in [0.1, 0.15) is 0 Å². The number of aliphatic carboxylic acids is 1. The van der Waals surface area contributed by atoms with Crippen LogP contribution in [0.5, 0.6) is 0 Å². The van der Waals surface area contributed by atoms with Crippen molar-refractivity contribution in [2.75, 3.05) is 0 Å². The normalized spacial score (nSPS) is 10.9. The summed E-state index contributed by atoms with van der Waals surface area (Å²) < 4.78 is 2.41. The predicted octanol–water partition coefficient (Wildman–Crippen LogP) is 1.64. The lowest BCUT2D eigenvalue weighted by atomic mass is 10.1. The first-order valence-electron chi connectivity index (χ1n) is 5.20. The van der Waals surface area contributed by atoms with Crippen LogP contribution in [0.25, 0.3) is 21.5 Å². The van der Waals surface area contributed by atoms with Crippen molar-refractivity contribution < 1.29 is 9.90 Å². The van der Waals surface area contributed by atoms with Gasteiger partial charge >= 0.3 is 5.97 Å². The molecule has 0 atom stereocenters. The SMILES string of the molecule is O=C(O)Cn1nnnc1-c1cccc2sccc12. The first-order chi connectivity index (χ1) is 8.75. The van der Waals surface area contributed by atoms with E-state index in [4.69, 9.17) is 5.11 Å². The number of carboxylic acid groups (broad SMARTS) is 1. The van der Waals surface area contributed by atoms with Crippen molar-refractivity contribution in [3.63, 3.8) is 0 Å². The highest BCUT2D eigenvalue weighted by Crippen LogP contribution is 2.30. The number of thiophene rings is 1. The molecule has 2 aromatic heterocycles. The number of carbonyl (C=O) groups is 1. The Bertz CT molecular complexity index is 718. The van der Waals surface area contributed by atoms with Crippen molar-refractivity contribution in [3.8, 4) is 11.4 Å². The molecular formula is C11H8N4O2S. The second-order valence-corrected chi connectivity index (χ2v) is 4.64. The highest BCUT2D eigenvalue weighted by Gasteiger charge is 2.14. The van der Waals surface area contributed by atoms with E-state index < -0.39 is 5.97 Å². The molecule has 1 aromatic carbocycles. The molecule has 0 unspecified atom stereocenters. The number of hydrogen-bond acceptors (Lipinski definition) is 5. The van der Waals surface area contributed by atoms with E-state index in [1.54, 1.807) is 11.3 Å². The zero-order valence-electron chi connectivity index (χ0n) is 9.15. The molecule has 0 spiro atoms. The minimum Gasteiger partial charge on any atom is -0.480 e. The fourth-order valence-corrected chi connectivity index (χ4v) is 2.63. The maximum absolute atomic E-state index is 10.7. The molecule has 0 aliphatic heterocycles. The Morgan fingerprint density at radius 2 is 2.28 bits per heavy atom. The van der Waals surface area contributed by atoms with Gasteiger partial charge in [0.25, 0.3) is 0 Å². The molecule has 7 heteroatoms. The molecule has 0 aliphatic rings. The number of tetrazole rings is 1. The van der Waals surface area contributed by atoms with E-state index in [-0.39, 0.29) is 6.54 Å². The van der Waals surface area contributed by atoms with E-state index in [2.05, 4.69) is 15.5 Å². The number of aromatic nitrogens is 4. The minimum absolute atomic E-state index is 0.247. The third-order valence-electron chi connectivity index (χ3n) is 2.55. The van der Waals surface area contributed by atoms with Gasteiger partial charge in [0.15, 0.2) is 5.82 Å². The Morgan fingerprint density at radius 3 is 3.11 bits per heavy atom. The Morgan fingerprint density at radius 1 is 1.39 bits per heavy atom. The van der Waals surface area contributed by atoms with Gasteiger partial charge in [-0.1, -0.05) is 12.1 Å². The number of nitrogens with zero attached hydrogens (tertiary/aromatic N) is 4. The second-order valence-electron chi connectivity index (χ2n) is 3.69. The summed E-state index contributed by atoms with van der Waals surface area (Å²) in [6, 6.07) is 7.79. The lowest BCUT2D eigenvalue weighted by molar-refractivity contribution is -0.137. The van der Waals surface area contributed by atoms with Gasteiger partial charge in [0, 0.05) is 15.6 Å². The summed E-state index contributed by atoms with van der Waals surface area (Å²) in [7, 11) is 0. The zero-order valence-corrected chi connectivity index (χ0v) is 9.96. The summed E-state index contributed by atoms with van der Waals surface area (Å²) in [4.78, 5) is 10.7. The van der Waals surface area contributed by atoms with Crippen LogP contribution >= 0.6 is 11.3 Å². The monoisotopic (exact) mass is 260 g/mol. The number of fused-ring (bicyclic) bond motifs is 1. The van der Waals surface area contributed by atoms with Gasteiger partial charge < -0.3 is 5.11 Å². The quantitative estimate of drug-likeness (QED) is 0.774. The Balaban J connectivity index is 2.17. The zero-order chi connectivity index (χ0) is 12.5. The van der Waals surface area contributed by atoms with Crippen molar-refractivity contribution in [2.24, 2.45) is 0 Å². The van der Waals surface area contributed by atoms with E-state index in [0.29, 0.717) is 5.82 Å². The molecule has 0 radical (unpaired) electrons. The van der Waals surface area contributed by atoms with E-state index in [0.717, 1.165) is 15.6 Å². The molecule has 1 N–H and O–H groups in total.